The van der Waals surface area contributed by atoms with Crippen molar-refractivity contribution in [2.24, 2.45) is 17.3 Å². The van der Waals surface area contributed by atoms with E-state index in [1.165, 1.54) is 18.4 Å². The molecule has 0 radical (unpaired) electrons. The molecule has 1 fully saturated rings. The molecule has 0 spiro atoms. The molecule has 0 unspecified atom stereocenters. The van der Waals surface area contributed by atoms with Crippen LogP contribution in [0.1, 0.15) is 44.2 Å². The van der Waals surface area contributed by atoms with E-state index in [1.54, 1.807) is 12.7 Å². The van der Waals surface area contributed by atoms with Gasteiger partial charge in [0.05, 0.1) is 31.5 Å². The highest BCUT2D eigenvalue weighted by Crippen LogP contribution is 2.59. The summed E-state index contributed by atoms with van der Waals surface area (Å²) in [6.07, 6.45) is 6.13. The maximum absolute atomic E-state index is 6.24. The Morgan fingerprint density at radius 1 is 1.06 bits per heavy atom. The summed E-state index contributed by atoms with van der Waals surface area (Å²) >= 11 is 0. The van der Waals surface area contributed by atoms with Gasteiger partial charge in [-0.05, 0) is 73.3 Å². The number of aryl methyl sites for hydroxylation is 1. The van der Waals surface area contributed by atoms with Gasteiger partial charge in [0, 0.05) is 10.9 Å². The fourth-order valence-corrected chi connectivity index (χ4v) is 5.52. The lowest BCUT2D eigenvalue weighted by Gasteiger charge is -2.56. The number of nitrogens with zero attached hydrogens (tertiary/aromatic N) is 1. The van der Waals surface area contributed by atoms with Crippen LogP contribution < -0.4 is 4.74 Å². The molecule has 32 heavy (non-hydrogen) atoms. The normalized spacial score (nSPS) is 21.2. The van der Waals surface area contributed by atoms with E-state index in [2.05, 4.69) is 63.2 Å². The quantitative estimate of drug-likeness (QED) is 0.297. The molecule has 2 atom stereocenters. The molecule has 0 amide bonds. The summed E-state index contributed by atoms with van der Waals surface area (Å²) in [5, 5.41) is 1.10. The molecule has 1 saturated carbocycles. The molecule has 3 aliphatic rings. The van der Waals surface area contributed by atoms with Crippen molar-refractivity contribution in [1.29, 1.82) is 0 Å². The van der Waals surface area contributed by atoms with Crippen LogP contribution in [-0.4, -0.2) is 18.7 Å². The van der Waals surface area contributed by atoms with Crippen molar-refractivity contribution >= 4 is 10.9 Å². The van der Waals surface area contributed by atoms with Crippen molar-refractivity contribution in [3.8, 4) is 17.0 Å². The summed E-state index contributed by atoms with van der Waals surface area (Å²) in [6, 6.07) is 16.8. The van der Waals surface area contributed by atoms with Crippen LogP contribution in [0.5, 0.6) is 5.75 Å². The Morgan fingerprint density at radius 2 is 1.88 bits per heavy atom. The van der Waals surface area contributed by atoms with Crippen molar-refractivity contribution < 1.29 is 9.47 Å². The topological polar surface area (TPSA) is 31.4 Å². The second kappa shape index (κ2) is 8.37. The second-order valence-corrected chi connectivity index (χ2v) is 10.0. The molecule has 0 N–H and O–H groups in total. The molecule has 6 rings (SSSR count). The number of rotatable bonds is 7. The monoisotopic (exact) mass is 427 g/mol. The van der Waals surface area contributed by atoms with E-state index in [0.29, 0.717) is 12.0 Å². The summed E-state index contributed by atoms with van der Waals surface area (Å²) in [7, 11) is 1.70. The highest BCUT2D eigenvalue weighted by atomic mass is 16.5. The summed E-state index contributed by atoms with van der Waals surface area (Å²) < 4.78 is 11.7. The number of methoxy groups -OCH3 is 1. The van der Waals surface area contributed by atoms with Crippen molar-refractivity contribution in [2.45, 2.75) is 46.6 Å². The lowest BCUT2D eigenvalue weighted by atomic mass is 9.48. The zero-order valence-electron chi connectivity index (χ0n) is 19.7. The van der Waals surface area contributed by atoms with Gasteiger partial charge in [0.15, 0.2) is 0 Å². The Labute approximate surface area is 191 Å². The highest BCUT2D eigenvalue weighted by Gasteiger charge is 2.50. The molecule has 3 aromatic rings. The van der Waals surface area contributed by atoms with E-state index in [9.17, 15) is 0 Å². The van der Waals surface area contributed by atoms with Crippen LogP contribution in [0, 0.1) is 24.2 Å². The van der Waals surface area contributed by atoms with E-state index in [-0.39, 0.29) is 0 Å². The number of hydrogen-bond donors (Lipinski definition) is 0. The fraction of sp³-hybridized carbons (Fsp3) is 0.414. The third-order valence-electron chi connectivity index (χ3n) is 7.82. The van der Waals surface area contributed by atoms with Crippen molar-refractivity contribution in [3.63, 3.8) is 0 Å². The van der Waals surface area contributed by atoms with Crippen molar-refractivity contribution in [1.82, 2.24) is 4.98 Å². The third kappa shape index (κ3) is 3.84. The van der Waals surface area contributed by atoms with Crippen LogP contribution >= 0.6 is 0 Å². The molecule has 2 bridgehead atoms. The Kier molecular flexibility index (Phi) is 5.54. The van der Waals surface area contributed by atoms with Crippen LogP contribution in [0.3, 0.4) is 0 Å². The smallest absolute Gasteiger partial charge is 0.119 e. The molecule has 1 heterocycles. The van der Waals surface area contributed by atoms with E-state index >= 15 is 0 Å². The number of pyridine rings is 1. The number of benzene rings is 2. The average Bonchev–Trinajstić information content (AvgIpc) is 2.81. The first-order chi connectivity index (χ1) is 15.5. The lowest BCUT2D eigenvalue weighted by molar-refractivity contribution is -0.0112. The number of ether oxygens (including phenoxy) is 2. The van der Waals surface area contributed by atoms with E-state index in [0.717, 1.165) is 58.3 Å². The van der Waals surface area contributed by atoms with Gasteiger partial charge in [-0.1, -0.05) is 55.3 Å². The van der Waals surface area contributed by atoms with Crippen LogP contribution in [0.4, 0.5) is 0 Å². The molecule has 0 aliphatic heterocycles. The van der Waals surface area contributed by atoms with Crippen molar-refractivity contribution in [2.75, 3.05) is 13.7 Å². The van der Waals surface area contributed by atoms with Gasteiger partial charge in [-0.3, -0.25) is 0 Å². The van der Waals surface area contributed by atoms with Crippen molar-refractivity contribution in [3.05, 3.63) is 71.3 Å². The maximum Gasteiger partial charge on any atom is 0.119 e. The SMILES string of the molecule is COc1ccc2nc(-c3ccc(C)cc3)cc(COCCC3=CC[C@H]4C[C@H]3C4(C)C)c2c1. The highest BCUT2D eigenvalue weighted by molar-refractivity contribution is 5.86. The minimum absolute atomic E-state index is 0.477. The average molecular weight is 428 g/mol. The Morgan fingerprint density at radius 3 is 2.59 bits per heavy atom. The molecule has 3 aliphatic carbocycles. The first-order valence-corrected chi connectivity index (χ1v) is 11.8. The maximum atomic E-state index is 6.24. The minimum Gasteiger partial charge on any atom is -0.497 e. The first kappa shape index (κ1) is 21.2. The number of fused-ring (bicyclic) bond motifs is 2. The molecule has 1 aromatic heterocycles. The lowest BCUT2D eigenvalue weighted by Crippen LogP contribution is -2.48. The Bertz CT molecular complexity index is 1160. The molecular formula is C29H33NO2. The van der Waals surface area contributed by atoms with Gasteiger partial charge < -0.3 is 9.47 Å². The van der Waals surface area contributed by atoms with Crippen LogP contribution in [0.15, 0.2) is 60.2 Å². The molecule has 0 saturated heterocycles. The fourth-order valence-electron chi connectivity index (χ4n) is 5.52. The van der Waals surface area contributed by atoms with Gasteiger partial charge in [-0.15, -0.1) is 0 Å². The second-order valence-electron chi connectivity index (χ2n) is 10.0. The summed E-state index contributed by atoms with van der Waals surface area (Å²) in [5.41, 5.74) is 7.58. The summed E-state index contributed by atoms with van der Waals surface area (Å²) in [5.74, 6) is 2.48. The molecule has 3 heteroatoms. The predicted octanol–water partition coefficient (Wildman–Crippen LogP) is 7.12. The summed E-state index contributed by atoms with van der Waals surface area (Å²) in [4.78, 5) is 4.92. The number of hydrogen-bond acceptors (Lipinski definition) is 3. The molecular weight excluding hydrogens is 394 g/mol. The van der Waals surface area contributed by atoms with E-state index in [4.69, 9.17) is 14.5 Å². The van der Waals surface area contributed by atoms with Gasteiger partial charge in [0.25, 0.3) is 0 Å². The van der Waals surface area contributed by atoms with Gasteiger partial charge in [-0.25, -0.2) is 4.98 Å². The predicted molar refractivity (Wildman–Crippen MR) is 131 cm³/mol. The standard InChI is InChI=1S/C29H33NO2/c1-19-5-7-21(8-6-19)28-15-22(25-17-24(31-4)11-12-27(25)30-28)18-32-14-13-20-9-10-23-16-26(20)29(23,2)3/h5-9,11-12,15,17,23,26H,10,13-14,16,18H2,1-4H3/t23-,26+/m0/s1. The third-order valence-corrected chi connectivity index (χ3v) is 7.82. The molecule has 166 valence electrons. The number of aromatic nitrogens is 1. The molecule has 2 aromatic carbocycles. The molecule has 3 nitrogen and oxygen atoms in total. The summed E-state index contributed by atoms with van der Waals surface area (Å²) in [6.45, 7) is 8.31. The van der Waals surface area contributed by atoms with Gasteiger partial charge in [0.2, 0.25) is 0 Å². The van der Waals surface area contributed by atoms with Crippen LogP contribution in [0.25, 0.3) is 22.2 Å². The van der Waals surface area contributed by atoms with E-state index in [1.807, 2.05) is 12.1 Å². The zero-order chi connectivity index (χ0) is 22.3. The van der Waals surface area contributed by atoms with E-state index < -0.39 is 0 Å². The Balaban J connectivity index is 1.35. The van der Waals surface area contributed by atoms with Gasteiger partial charge in [0.1, 0.15) is 5.75 Å². The minimum atomic E-state index is 0.477. The van der Waals surface area contributed by atoms with Gasteiger partial charge >= 0.3 is 0 Å². The largest absolute Gasteiger partial charge is 0.497 e. The van der Waals surface area contributed by atoms with Gasteiger partial charge in [-0.2, -0.15) is 0 Å². The van der Waals surface area contributed by atoms with Crippen LogP contribution in [0.2, 0.25) is 0 Å². The Hall–Kier alpha value is -2.65. The number of allylic oxidation sites excluding steroid dienone is 1. The zero-order valence-corrected chi connectivity index (χ0v) is 19.7. The first-order valence-electron chi connectivity index (χ1n) is 11.8. The van der Waals surface area contributed by atoms with Crippen LogP contribution in [-0.2, 0) is 11.3 Å².